The molecule has 0 atom stereocenters. The number of carbonyl (C=O) groups is 1. The molecule has 3 heteroatoms. The fourth-order valence-corrected chi connectivity index (χ4v) is 1.31. The third-order valence-electron chi connectivity index (χ3n) is 2.25. The van der Waals surface area contributed by atoms with E-state index in [9.17, 15) is 9.18 Å². The Kier molecular flexibility index (Phi) is 5.72. The predicted molar refractivity (Wildman–Crippen MR) is 60.6 cm³/mol. The summed E-state index contributed by atoms with van der Waals surface area (Å²) in [6.45, 7) is 2.56. The van der Waals surface area contributed by atoms with Crippen LogP contribution in [0.15, 0.2) is 24.3 Å². The van der Waals surface area contributed by atoms with Gasteiger partial charge >= 0.3 is 0 Å². The molecule has 0 spiro atoms. The fourth-order valence-electron chi connectivity index (χ4n) is 1.31. The van der Waals surface area contributed by atoms with Crippen LogP contribution >= 0.6 is 0 Å². The highest BCUT2D eigenvalue weighted by Crippen LogP contribution is 2.04. The van der Waals surface area contributed by atoms with E-state index in [2.05, 4.69) is 0 Å². The summed E-state index contributed by atoms with van der Waals surface area (Å²) in [5.41, 5.74) is 0.879. The maximum atomic E-state index is 12.6. The van der Waals surface area contributed by atoms with Crippen molar-refractivity contribution in [1.29, 1.82) is 0 Å². The van der Waals surface area contributed by atoms with Gasteiger partial charge in [0.05, 0.1) is 6.61 Å². The van der Waals surface area contributed by atoms with Crippen LogP contribution in [0.2, 0.25) is 0 Å². The predicted octanol–water partition coefficient (Wildman–Crippen LogP) is 3.10. The maximum Gasteiger partial charge on any atom is 0.158 e. The number of rotatable bonds is 7. The summed E-state index contributed by atoms with van der Waals surface area (Å²) in [6, 6.07) is 6.09. The van der Waals surface area contributed by atoms with Crippen molar-refractivity contribution in [2.75, 3.05) is 6.61 Å². The summed E-state index contributed by atoms with van der Waals surface area (Å²) in [4.78, 5) is 11.3. The Hall–Kier alpha value is -1.22. The molecule has 0 aliphatic heterocycles. The lowest BCUT2D eigenvalue weighted by Crippen LogP contribution is -2.08. The molecule has 0 aromatic heterocycles. The van der Waals surface area contributed by atoms with Crippen molar-refractivity contribution in [3.63, 3.8) is 0 Å². The SMILES string of the molecule is CCCCC(=O)COCc1ccc(F)cc1. The molecule has 0 unspecified atom stereocenters. The van der Waals surface area contributed by atoms with Gasteiger partial charge in [0.1, 0.15) is 12.4 Å². The Balaban J connectivity index is 2.20. The largest absolute Gasteiger partial charge is 0.369 e. The van der Waals surface area contributed by atoms with Crippen LogP contribution in [0.5, 0.6) is 0 Å². The van der Waals surface area contributed by atoms with E-state index in [1.807, 2.05) is 6.92 Å². The first kappa shape index (κ1) is 12.8. The van der Waals surface area contributed by atoms with Gasteiger partial charge in [-0.2, -0.15) is 0 Å². The van der Waals surface area contributed by atoms with Gasteiger partial charge in [-0.1, -0.05) is 25.5 Å². The number of hydrogen-bond acceptors (Lipinski definition) is 2. The molecule has 0 saturated heterocycles. The zero-order valence-electron chi connectivity index (χ0n) is 9.54. The fraction of sp³-hybridized carbons (Fsp3) is 0.462. The van der Waals surface area contributed by atoms with Crippen LogP contribution in [0.3, 0.4) is 0 Å². The van der Waals surface area contributed by atoms with Crippen molar-refractivity contribution in [2.45, 2.75) is 32.8 Å². The zero-order chi connectivity index (χ0) is 11.8. The quantitative estimate of drug-likeness (QED) is 0.711. The highest BCUT2D eigenvalue weighted by molar-refractivity contribution is 5.79. The van der Waals surface area contributed by atoms with Crippen LogP contribution in [-0.4, -0.2) is 12.4 Å². The van der Waals surface area contributed by atoms with E-state index < -0.39 is 0 Å². The van der Waals surface area contributed by atoms with Crippen molar-refractivity contribution in [3.8, 4) is 0 Å². The van der Waals surface area contributed by atoms with Crippen LogP contribution in [0.4, 0.5) is 4.39 Å². The molecule has 0 bridgehead atoms. The second kappa shape index (κ2) is 7.12. The number of ketones is 1. The highest BCUT2D eigenvalue weighted by atomic mass is 19.1. The normalized spacial score (nSPS) is 10.4. The average molecular weight is 224 g/mol. The van der Waals surface area contributed by atoms with E-state index in [0.29, 0.717) is 13.0 Å². The lowest BCUT2D eigenvalue weighted by molar-refractivity contribution is -0.124. The van der Waals surface area contributed by atoms with Crippen molar-refractivity contribution in [2.24, 2.45) is 0 Å². The molecule has 2 nitrogen and oxygen atoms in total. The molecule has 1 aromatic carbocycles. The summed E-state index contributed by atoms with van der Waals surface area (Å²) in [5, 5.41) is 0. The number of hydrogen-bond donors (Lipinski definition) is 0. The van der Waals surface area contributed by atoms with Crippen LogP contribution in [0.1, 0.15) is 31.7 Å². The van der Waals surface area contributed by atoms with Gasteiger partial charge in [0, 0.05) is 6.42 Å². The monoisotopic (exact) mass is 224 g/mol. The van der Waals surface area contributed by atoms with Gasteiger partial charge in [-0.3, -0.25) is 4.79 Å². The Morgan fingerprint density at radius 3 is 2.62 bits per heavy atom. The molecule has 1 aromatic rings. The van der Waals surface area contributed by atoms with Crippen LogP contribution in [0, 0.1) is 5.82 Å². The minimum absolute atomic E-state index is 0.129. The van der Waals surface area contributed by atoms with Crippen LogP contribution in [-0.2, 0) is 16.1 Å². The van der Waals surface area contributed by atoms with Crippen molar-refractivity contribution >= 4 is 5.78 Å². The van der Waals surface area contributed by atoms with Gasteiger partial charge in [-0.25, -0.2) is 4.39 Å². The van der Waals surface area contributed by atoms with Gasteiger partial charge in [-0.05, 0) is 24.1 Å². The average Bonchev–Trinajstić information content (AvgIpc) is 2.29. The first-order chi connectivity index (χ1) is 7.72. The number of ether oxygens (including phenoxy) is 1. The van der Waals surface area contributed by atoms with Gasteiger partial charge in [-0.15, -0.1) is 0 Å². The maximum absolute atomic E-state index is 12.6. The topological polar surface area (TPSA) is 26.3 Å². The molecule has 0 fully saturated rings. The second-order valence-electron chi connectivity index (χ2n) is 3.76. The third-order valence-corrected chi connectivity index (χ3v) is 2.25. The molecule has 0 aliphatic carbocycles. The molecule has 88 valence electrons. The van der Waals surface area contributed by atoms with Gasteiger partial charge in [0.2, 0.25) is 0 Å². The van der Waals surface area contributed by atoms with E-state index in [1.165, 1.54) is 12.1 Å². The smallest absolute Gasteiger partial charge is 0.158 e. The summed E-state index contributed by atoms with van der Waals surface area (Å²) < 4.78 is 17.8. The summed E-state index contributed by atoms with van der Waals surface area (Å²) in [7, 11) is 0. The molecule has 0 radical (unpaired) electrons. The van der Waals surface area contributed by atoms with Gasteiger partial charge in [0.15, 0.2) is 5.78 Å². The van der Waals surface area contributed by atoms with Crippen molar-refractivity contribution in [1.82, 2.24) is 0 Å². The van der Waals surface area contributed by atoms with Crippen molar-refractivity contribution < 1.29 is 13.9 Å². The number of carbonyl (C=O) groups excluding carboxylic acids is 1. The molecule has 0 heterocycles. The first-order valence-electron chi connectivity index (χ1n) is 5.56. The molecule has 1 rings (SSSR count). The lowest BCUT2D eigenvalue weighted by atomic mass is 10.2. The molecular formula is C13H17FO2. The Morgan fingerprint density at radius 1 is 1.31 bits per heavy atom. The molecule has 0 amide bonds. The number of halogens is 1. The minimum Gasteiger partial charge on any atom is -0.369 e. The summed E-state index contributed by atoms with van der Waals surface area (Å²) in [5.74, 6) is -0.133. The number of benzene rings is 1. The van der Waals surface area contributed by atoms with E-state index in [4.69, 9.17) is 4.74 Å². The molecule has 16 heavy (non-hydrogen) atoms. The molecule has 0 N–H and O–H groups in total. The Morgan fingerprint density at radius 2 is 2.00 bits per heavy atom. The lowest BCUT2D eigenvalue weighted by Gasteiger charge is -2.03. The minimum atomic E-state index is -0.261. The van der Waals surface area contributed by atoms with Crippen molar-refractivity contribution in [3.05, 3.63) is 35.6 Å². The third kappa shape index (κ3) is 5.03. The summed E-state index contributed by atoms with van der Waals surface area (Å²) >= 11 is 0. The molecule has 0 saturated carbocycles. The van der Waals surface area contributed by atoms with Gasteiger partial charge in [0.25, 0.3) is 0 Å². The Bertz CT molecular complexity index is 319. The Labute approximate surface area is 95.4 Å². The van der Waals surface area contributed by atoms with E-state index >= 15 is 0 Å². The van der Waals surface area contributed by atoms with Crippen LogP contribution < -0.4 is 0 Å². The highest BCUT2D eigenvalue weighted by Gasteiger charge is 2.01. The van der Waals surface area contributed by atoms with Crippen LogP contribution in [0.25, 0.3) is 0 Å². The van der Waals surface area contributed by atoms with E-state index in [0.717, 1.165) is 18.4 Å². The van der Waals surface area contributed by atoms with E-state index in [-0.39, 0.29) is 18.2 Å². The zero-order valence-corrected chi connectivity index (χ0v) is 9.54. The molecule has 0 aliphatic rings. The number of unbranched alkanes of at least 4 members (excludes halogenated alkanes) is 1. The standard InChI is InChI=1S/C13H17FO2/c1-2-3-4-13(15)10-16-9-11-5-7-12(14)8-6-11/h5-8H,2-4,9-10H2,1H3. The first-order valence-corrected chi connectivity index (χ1v) is 5.56. The number of Topliss-reactive ketones (excluding diaryl/α,β-unsaturated/α-hetero) is 1. The summed E-state index contributed by atoms with van der Waals surface area (Å²) in [6.07, 6.45) is 2.52. The second-order valence-corrected chi connectivity index (χ2v) is 3.76. The molecular weight excluding hydrogens is 207 g/mol. The van der Waals surface area contributed by atoms with Gasteiger partial charge < -0.3 is 4.74 Å². The van der Waals surface area contributed by atoms with E-state index in [1.54, 1.807) is 12.1 Å².